The number of ether oxygens (including phenoxy) is 1. The number of rotatable bonds is 4. The van der Waals surface area contributed by atoms with E-state index in [-0.39, 0.29) is 0 Å². The summed E-state index contributed by atoms with van der Waals surface area (Å²) in [5, 5.41) is 5.17. The molecule has 0 spiro atoms. The number of alkyl halides is 1. The van der Waals surface area contributed by atoms with E-state index in [2.05, 4.69) is 21.1 Å². The van der Waals surface area contributed by atoms with Gasteiger partial charge in [0.1, 0.15) is 6.61 Å². The first-order chi connectivity index (χ1) is 7.81. The quantitative estimate of drug-likeness (QED) is 0.807. The molecular formula is C11H9BrClNO2. The summed E-state index contributed by atoms with van der Waals surface area (Å²) in [6.45, 7) is 0.537. The van der Waals surface area contributed by atoms with Gasteiger partial charge in [0.25, 0.3) is 0 Å². The molecule has 0 aliphatic heterocycles. The highest BCUT2D eigenvalue weighted by molar-refractivity contribution is 9.09. The molecule has 0 bridgehead atoms. The second-order valence-electron chi connectivity index (χ2n) is 3.07. The molecule has 0 aliphatic rings. The maximum Gasteiger partial charge on any atom is 0.319 e. The van der Waals surface area contributed by atoms with Crippen molar-refractivity contribution in [1.82, 2.24) is 5.16 Å². The van der Waals surface area contributed by atoms with E-state index >= 15 is 0 Å². The lowest BCUT2D eigenvalue weighted by molar-refractivity contribution is 0.229. The van der Waals surface area contributed by atoms with E-state index in [0.29, 0.717) is 17.6 Å². The summed E-state index contributed by atoms with van der Waals surface area (Å²) in [7, 11) is 0. The van der Waals surface area contributed by atoms with Crippen LogP contribution in [0, 0.1) is 0 Å². The summed E-state index contributed by atoms with van der Waals surface area (Å²) in [4.78, 5) is 0. The summed E-state index contributed by atoms with van der Waals surface area (Å²) in [6, 6.07) is 7.43. The van der Waals surface area contributed by atoms with E-state index in [9.17, 15) is 0 Å². The van der Waals surface area contributed by atoms with E-state index in [4.69, 9.17) is 20.9 Å². The van der Waals surface area contributed by atoms with E-state index < -0.39 is 0 Å². The minimum Gasteiger partial charge on any atom is -0.462 e. The van der Waals surface area contributed by atoms with Gasteiger partial charge in [-0.05, 0) is 17.7 Å². The molecule has 1 aromatic heterocycles. The molecule has 0 saturated carbocycles. The summed E-state index contributed by atoms with van der Waals surface area (Å²) in [6.07, 6.45) is 1.63. The maximum absolute atomic E-state index is 5.82. The van der Waals surface area contributed by atoms with Crippen molar-refractivity contribution in [2.75, 3.05) is 11.9 Å². The first-order valence-corrected chi connectivity index (χ1v) is 6.20. The van der Waals surface area contributed by atoms with E-state index in [1.807, 2.05) is 24.3 Å². The lowest BCUT2D eigenvalue weighted by Crippen LogP contribution is -1.97. The van der Waals surface area contributed by atoms with Crippen LogP contribution in [0.15, 0.2) is 35.0 Å². The Kier molecular flexibility index (Phi) is 3.85. The first kappa shape index (κ1) is 11.5. The molecule has 16 heavy (non-hydrogen) atoms. The van der Waals surface area contributed by atoms with Crippen molar-refractivity contribution < 1.29 is 9.26 Å². The van der Waals surface area contributed by atoms with E-state index in [1.54, 1.807) is 6.20 Å². The standard InChI is InChI=1S/C11H9BrClNO2/c12-5-6-15-11-10(7-14-16-11)8-1-3-9(13)4-2-8/h1-4,7H,5-6H2. The topological polar surface area (TPSA) is 35.3 Å². The third kappa shape index (κ3) is 2.57. The lowest BCUT2D eigenvalue weighted by Gasteiger charge is -2.02. The molecule has 1 heterocycles. The second-order valence-corrected chi connectivity index (χ2v) is 4.30. The normalized spacial score (nSPS) is 10.4. The highest BCUT2D eigenvalue weighted by Gasteiger charge is 2.11. The Bertz CT molecular complexity index is 455. The van der Waals surface area contributed by atoms with Crippen molar-refractivity contribution in [2.45, 2.75) is 0 Å². The minimum absolute atomic E-state index is 0.432. The van der Waals surface area contributed by atoms with Crippen LogP contribution in [0.4, 0.5) is 0 Å². The van der Waals surface area contributed by atoms with Crippen LogP contribution in [0.1, 0.15) is 0 Å². The lowest BCUT2D eigenvalue weighted by atomic mass is 10.1. The molecule has 5 heteroatoms. The largest absolute Gasteiger partial charge is 0.462 e. The van der Waals surface area contributed by atoms with Gasteiger partial charge in [0.15, 0.2) is 0 Å². The predicted molar refractivity (Wildman–Crippen MR) is 66.2 cm³/mol. The van der Waals surface area contributed by atoms with Gasteiger partial charge in [0.05, 0.1) is 11.8 Å². The number of benzene rings is 1. The molecule has 3 nitrogen and oxygen atoms in total. The molecule has 0 saturated heterocycles. The molecule has 0 radical (unpaired) electrons. The van der Waals surface area contributed by atoms with Gasteiger partial charge in [0.2, 0.25) is 0 Å². The highest BCUT2D eigenvalue weighted by atomic mass is 79.9. The Hall–Kier alpha value is -1.00. The average Bonchev–Trinajstić information content (AvgIpc) is 2.75. The number of hydrogen-bond donors (Lipinski definition) is 0. The van der Waals surface area contributed by atoms with Crippen LogP contribution >= 0.6 is 27.5 Å². The molecule has 84 valence electrons. The van der Waals surface area contributed by atoms with Crippen molar-refractivity contribution in [3.8, 4) is 17.1 Å². The molecule has 0 amide bonds. The molecule has 2 aromatic rings. The van der Waals surface area contributed by atoms with Crippen molar-refractivity contribution >= 4 is 27.5 Å². The number of halogens is 2. The van der Waals surface area contributed by atoms with Gasteiger partial charge in [-0.3, -0.25) is 0 Å². The summed E-state index contributed by atoms with van der Waals surface area (Å²) in [5.74, 6) is 0.432. The second kappa shape index (κ2) is 5.37. The summed E-state index contributed by atoms with van der Waals surface area (Å²) < 4.78 is 10.4. The Morgan fingerprint density at radius 2 is 2.06 bits per heavy atom. The third-order valence-corrected chi connectivity index (χ3v) is 2.58. The average molecular weight is 303 g/mol. The molecular weight excluding hydrogens is 293 g/mol. The minimum atomic E-state index is 0.432. The van der Waals surface area contributed by atoms with Gasteiger partial charge >= 0.3 is 5.95 Å². The van der Waals surface area contributed by atoms with Gasteiger partial charge in [-0.1, -0.05) is 44.8 Å². The van der Waals surface area contributed by atoms with Crippen LogP contribution < -0.4 is 4.74 Å². The molecule has 2 rings (SSSR count). The number of aromatic nitrogens is 1. The molecule has 0 N–H and O–H groups in total. The predicted octanol–water partition coefficient (Wildman–Crippen LogP) is 3.77. The zero-order valence-corrected chi connectivity index (χ0v) is 10.7. The monoisotopic (exact) mass is 301 g/mol. The fraction of sp³-hybridized carbons (Fsp3) is 0.182. The van der Waals surface area contributed by atoms with Crippen molar-refractivity contribution in [2.24, 2.45) is 0 Å². The molecule has 0 fully saturated rings. The Labute approximate surface area is 106 Å². The third-order valence-electron chi connectivity index (χ3n) is 2.00. The van der Waals surface area contributed by atoms with Crippen LogP contribution in [-0.2, 0) is 0 Å². The van der Waals surface area contributed by atoms with Gasteiger partial charge in [-0.15, -0.1) is 0 Å². The fourth-order valence-electron chi connectivity index (χ4n) is 1.29. The van der Waals surface area contributed by atoms with Crippen LogP contribution in [-0.4, -0.2) is 17.1 Å². The van der Waals surface area contributed by atoms with Crippen LogP contribution in [0.3, 0.4) is 0 Å². The summed E-state index contributed by atoms with van der Waals surface area (Å²) in [5.41, 5.74) is 1.80. The molecule has 0 aliphatic carbocycles. The maximum atomic E-state index is 5.82. The van der Waals surface area contributed by atoms with Gasteiger partial charge in [-0.2, -0.15) is 0 Å². The molecule has 0 unspecified atom stereocenters. The molecule has 0 atom stereocenters. The van der Waals surface area contributed by atoms with Crippen LogP contribution in [0.25, 0.3) is 11.1 Å². The number of hydrogen-bond acceptors (Lipinski definition) is 3. The van der Waals surface area contributed by atoms with Crippen molar-refractivity contribution in [3.63, 3.8) is 0 Å². The summed E-state index contributed by atoms with van der Waals surface area (Å²) >= 11 is 9.10. The first-order valence-electron chi connectivity index (χ1n) is 4.70. The van der Waals surface area contributed by atoms with Gasteiger partial charge in [-0.25, -0.2) is 0 Å². The van der Waals surface area contributed by atoms with Gasteiger partial charge in [0, 0.05) is 10.4 Å². The Morgan fingerprint density at radius 3 is 2.75 bits per heavy atom. The smallest absolute Gasteiger partial charge is 0.319 e. The highest BCUT2D eigenvalue weighted by Crippen LogP contribution is 2.30. The van der Waals surface area contributed by atoms with E-state index in [0.717, 1.165) is 16.5 Å². The molecule has 1 aromatic carbocycles. The van der Waals surface area contributed by atoms with Crippen LogP contribution in [0.5, 0.6) is 5.95 Å². The Morgan fingerprint density at radius 1 is 1.31 bits per heavy atom. The SMILES string of the molecule is Clc1ccc(-c2cnoc2OCCBr)cc1. The zero-order valence-electron chi connectivity index (χ0n) is 8.32. The fourth-order valence-corrected chi connectivity index (χ4v) is 1.57. The number of nitrogens with zero attached hydrogens (tertiary/aromatic N) is 1. The van der Waals surface area contributed by atoms with Crippen molar-refractivity contribution in [1.29, 1.82) is 0 Å². The van der Waals surface area contributed by atoms with Crippen LogP contribution in [0.2, 0.25) is 5.02 Å². The van der Waals surface area contributed by atoms with Crippen molar-refractivity contribution in [3.05, 3.63) is 35.5 Å². The van der Waals surface area contributed by atoms with Gasteiger partial charge < -0.3 is 9.26 Å². The zero-order chi connectivity index (χ0) is 11.4. The van der Waals surface area contributed by atoms with E-state index in [1.165, 1.54) is 0 Å². The Balaban J connectivity index is 2.26.